The molecule has 1 aliphatic rings. The minimum Gasteiger partial charge on any atom is -0.489 e. The van der Waals surface area contributed by atoms with E-state index in [1.165, 1.54) is 12.8 Å². The smallest absolute Gasteiger partial charge is 0.120 e. The Morgan fingerprint density at radius 1 is 1.29 bits per heavy atom. The lowest BCUT2D eigenvalue weighted by molar-refractivity contribution is 0.132. The summed E-state index contributed by atoms with van der Waals surface area (Å²) >= 11 is 0. The highest BCUT2D eigenvalue weighted by molar-refractivity contribution is 5.79. The summed E-state index contributed by atoms with van der Waals surface area (Å²) in [6, 6.07) is 6.15. The average molecular weight is 231 g/mol. The molecule has 2 atom stereocenters. The van der Waals surface area contributed by atoms with Crippen LogP contribution in [0.4, 0.5) is 0 Å². The van der Waals surface area contributed by atoms with Crippen LogP contribution in [0.1, 0.15) is 25.7 Å². The molecule has 3 N–H and O–H groups in total. The molecule has 1 saturated carbocycles. The zero-order valence-corrected chi connectivity index (χ0v) is 9.73. The highest BCUT2D eigenvalue weighted by Gasteiger charge is 2.23. The maximum Gasteiger partial charge on any atom is 0.120 e. The minimum absolute atomic E-state index is 0.160. The SMILES string of the molecule is NC1CCCCC1Oc1ccc2[nH]ncc2c1. The molecule has 90 valence electrons. The Labute approximate surface area is 100 Å². The average Bonchev–Trinajstić information content (AvgIpc) is 2.79. The van der Waals surface area contributed by atoms with Crippen LogP contribution >= 0.6 is 0 Å². The van der Waals surface area contributed by atoms with Gasteiger partial charge in [-0.05, 0) is 37.5 Å². The molecule has 1 fully saturated rings. The normalized spacial score (nSPS) is 25.0. The van der Waals surface area contributed by atoms with Gasteiger partial charge in [-0.2, -0.15) is 5.10 Å². The summed E-state index contributed by atoms with van der Waals surface area (Å²) < 4.78 is 5.98. The Bertz CT molecular complexity index is 508. The number of H-pyrrole nitrogens is 1. The topological polar surface area (TPSA) is 63.9 Å². The molecule has 1 aliphatic carbocycles. The van der Waals surface area contributed by atoms with Gasteiger partial charge in [0.1, 0.15) is 11.9 Å². The van der Waals surface area contributed by atoms with Crippen LogP contribution in [0, 0.1) is 0 Å². The second kappa shape index (κ2) is 4.37. The maximum atomic E-state index is 6.08. The van der Waals surface area contributed by atoms with E-state index in [0.29, 0.717) is 0 Å². The third-order valence-electron chi connectivity index (χ3n) is 3.45. The van der Waals surface area contributed by atoms with E-state index in [4.69, 9.17) is 10.5 Å². The predicted octanol–water partition coefficient (Wildman–Crippen LogP) is 2.21. The molecular weight excluding hydrogens is 214 g/mol. The van der Waals surface area contributed by atoms with Gasteiger partial charge in [-0.3, -0.25) is 5.10 Å². The summed E-state index contributed by atoms with van der Waals surface area (Å²) in [5.41, 5.74) is 7.11. The number of fused-ring (bicyclic) bond motifs is 1. The highest BCUT2D eigenvalue weighted by Crippen LogP contribution is 2.25. The summed E-state index contributed by atoms with van der Waals surface area (Å²) in [7, 11) is 0. The van der Waals surface area contributed by atoms with E-state index in [1.54, 1.807) is 0 Å². The van der Waals surface area contributed by atoms with Crippen LogP contribution in [0.25, 0.3) is 10.9 Å². The Morgan fingerprint density at radius 3 is 3.06 bits per heavy atom. The lowest BCUT2D eigenvalue weighted by atomic mass is 9.93. The molecule has 2 aromatic rings. The Balaban J connectivity index is 1.79. The third kappa shape index (κ3) is 2.13. The zero-order valence-electron chi connectivity index (χ0n) is 9.73. The van der Waals surface area contributed by atoms with Crippen molar-refractivity contribution in [2.45, 2.75) is 37.8 Å². The van der Waals surface area contributed by atoms with E-state index in [-0.39, 0.29) is 12.1 Å². The molecule has 0 spiro atoms. The summed E-state index contributed by atoms with van der Waals surface area (Å²) in [5.74, 6) is 0.890. The largest absolute Gasteiger partial charge is 0.489 e. The number of hydrogen-bond acceptors (Lipinski definition) is 3. The maximum absolute atomic E-state index is 6.08. The molecule has 17 heavy (non-hydrogen) atoms. The van der Waals surface area contributed by atoms with Crippen LogP contribution in [0.15, 0.2) is 24.4 Å². The molecular formula is C13H17N3O. The highest BCUT2D eigenvalue weighted by atomic mass is 16.5. The van der Waals surface area contributed by atoms with E-state index < -0.39 is 0 Å². The van der Waals surface area contributed by atoms with Crippen molar-refractivity contribution in [2.24, 2.45) is 5.73 Å². The number of aromatic nitrogens is 2. The standard InChI is InChI=1S/C13H17N3O/c14-11-3-1-2-4-13(11)17-10-5-6-12-9(7-10)8-15-16-12/h5-8,11,13H,1-4,14H2,(H,15,16). The molecule has 0 saturated heterocycles. The third-order valence-corrected chi connectivity index (χ3v) is 3.45. The number of ether oxygens (including phenoxy) is 1. The number of nitrogens with two attached hydrogens (primary N) is 1. The van der Waals surface area contributed by atoms with Gasteiger partial charge in [-0.15, -0.1) is 0 Å². The van der Waals surface area contributed by atoms with Crippen molar-refractivity contribution in [3.8, 4) is 5.75 Å². The number of nitrogens with zero attached hydrogens (tertiary/aromatic N) is 1. The number of nitrogens with one attached hydrogen (secondary N) is 1. The van der Waals surface area contributed by atoms with Crippen LogP contribution in [0.3, 0.4) is 0 Å². The molecule has 1 heterocycles. The number of aromatic amines is 1. The summed E-state index contributed by atoms with van der Waals surface area (Å²) in [6.07, 6.45) is 6.54. The lowest BCUT2D eigenvalue weighted by Gasteiger charge is -2.29. The Hall–Kier alpha value is -1.55. The molecule has 2 unspecified atom stereocenters. The quantitative estimate of drug-likeness (QED) is 0.833. The van der Waals surface area contributed by atoms with E-state index in [9.17, 15) is 0 Å². The van der Waals surface area contributed by atoms with Crippen molar-refractivity contribution in [2.75, 3.05) is 0 Å². The van der Waals surface area contributed by atoms with Crippen LogP contribution in [0.5, 0.6) is 5.75 Å². The van der Waals surface area contributed by atoms with Gasteiger partial charge in [0.2, 0.25) is 0 Å². The number of benzene rings is 1. The van der Waals surface area contributed by atoms with Crippen molar-refractivity contribution < 1.29 is 4.74 Å². The predicted molar refractivity (Wildman–Crippen MR) is 67.0 cm³/mol. The summed E-state index contributed by atoms with van der Waals surface area (Å²) in [5, 5.41) is 8.00. The first-order valence-corrected chi connectivity index (χ1v) is 6.18. The molecule has 1 aromatic carbocycles. The van der Waals surface area contributed by atoms with Crippen LogP contribution in [0.2, 0.25) is 0 Å². The molecule has 4 heteroatoms. The van der Waals surface area contributed by atoms with Gasteiger partial charge in [0.25, 0.3) is 0 Å². The van der Waals surface area contributed by atoms with Crippen LogP contribution in [-0.4, -0.2) is 22.3 Å². The first-order chi connectivity index (χ1) is 8.33. The Kier molecular flexibility index (Phi) is 2.73. The monoisotopic (exact) mass is 231 g/mol. The Morgan fingerprint density at radius 2 is 2.18 bits per heavy atom. The molecule has 3 rings (SSSR count). The van der Waals surface area contributed by atoms with Gasteiger partial charge in [0.05, 0.1) is 11.7 Å². The van der Waals surface area contributed by atoms with Crippen molar-refractivity contribution in [1.29, 1.82) is 0 Å². The zero-order chi connectivity index (χ0) is 11.7. The van der Waals surface area contributed by atoms with Crippen molar-refractivity contribution in [3.63, 3.8) is 0 Å². The van der Waals surface area contributed by atoms with E-state index >= 15 is 0 Å². The fourth-order valence-electron chi connectivity index (χ4n) is 2.44. The minimum atomic E-state index is 0.160. The van der Waals surface area contributed by atoms with Gasteiger partial charge in [-0.1, -0.05) is 6.42 Å². The molecule has 0 radical (unpaired) electrons. The first-order valence-electron chi connectivity index (χ1n) is 6.18. The van der Waals surface area contributed by atoms with E-state index in [1.807, 2.05) is 24.4 Å². The van der Waals surface area contributed by atoms with Gasteiger partial charge >= 0.3 is 0 Å². The van der Waals surface area contributed by atoms with Gasteiger partial charge in [-0.25, -0.2) is 0 Å². The second-order valence-electron chi connectivity index (χ2n) is 4.72. The van der Waals surface area contributed by atoms with Gasteiger partial charge in [0, 0.05) is 11.4 Å². The molecule has 0 amide bonds. The molecule has 0 bridgehead atoms. The lowest BCUT2D eigenvalue weighted by Crippen LogP contribution is -2.41. The van der Waals surface area contributed by atoms with Crippen LogP contribution in [-0.2, 0) is 0 Å². The molecule has 4 nitrogen and oxygen atoms in total. The summed E-state index contributed by atoms with van der Waals surface area (Å²) in [6.45, 7) is 0. The number of rotatable bonds is 2. The van der Waals surface area contributed by atoms with E-state index in [0.717, 1.165) is 29.5 Å². The fraction of sp³-hybridized carbons (Fsp3) is 0.462. The van der Waals surface area contributed by atoms with Crippen molar-refractivity contribution in [3.05, 3.63) is 24.4 Å². The van der Waals surface area contributed by atoms with E-state index in [2.05, 4.69) is 10.2 Å². The van der Waals surface area contributed by atoms with Gasteiger partial charge in [0.15, 0.2) is 0 Å². The molecule has 1 aromatic heterocycles. The first kappa shape index (κ1) is 10.6. The molecule has 0 aliphatic heterocycles. The summed E-state index contributed by atoms with van der Waals surface area (Å²) in [4.78, 5) is 0. The van der Waals surface area contributed by atoms with Gasteiger partial charge < -0.3 is 10.5 Å². The van der Waals surface area contributed by atoms with Crippen LogP contribution < -0.4 is 10.5 Å². The fourth-order valence-corrected chi connectivity index (χ4v) is 2.44. The van der Waals surface area contributed by atoms with Crippen molar-refractivity contribution >= 4 is 10.9 Å². The second-order valence-corrected chi connectivity index (χ2v) is 4.72. The number of hydrogen-bond donors (Lipinski definition) is 2. The van der Waals surface area contributed by atoms with Crippen molar-refractivity contribution in [1.82, 2.24) is 10.2 Å².